The van der Waals surface area contributed by atoms with E-state index in [1.807, 2.05) is 0 Å². The first kappa shape index (κ1) is 13.7. The molecule has 0 spiro atoms. The van der Waals surface area contributed by atoms with Gasteiger partial charge < -0.3 is 22.1 Å². The summed E-state index contributed by atoms with van der Waals surface area (Å²) in [5.41, 5.74) is 19.6. The van der Waals surface area contributed by atoms with Gasteiger partial charge >= 0.3 is 0 Å². The van der Waals surface area contributed by atoms with E-state index < -0.39 is 0 Å². The Hall–Kier alpha value is -1.75. The molecule has 0 radical (unpaired) electrons. The molecule has 0 atom stereocenters. The van der Waals surface area contributed by atoms with Gasteiger partial charge in [-0.25, -0.2) is 0 Å². The molecule has 5 heteroatoms. The number of nitrogens with two attached hydrogens (primary N) is 3. The number of anilines is 2. The molecule has 0 saturated carbocycles. The van der Waals surface area contributed by atoms with Crippen LogP contribution in [0.2, 0.25) is 0 Å². The van der Waals surface area contributed by atoms with Crippen LogP contribution in [-0.2, 0) is 0 Å². The lowest BCUT2D eigenvalue weighted by Crippen LogP contribution is -2.32. The molecule has 0 bridgehead atoms. The summed E-state index contributed by atoms with van der Waals surface area (Å²) < 4.78 is 0. The minimum absolute atomic E-state index is 0.474. The van der Waals surface area contributed by atoms with E-state index in [1.165, 1.54) is 32.4 Å². The third-order valence-electron chi connectivity index (χ3n) is 3.50. The molecule has 1 aliphatic rings. The average Bonchev–Trinajstić information content (AvgIpc) is 2.42. The summed E-state index contributed by atoms with van der Waals surface area (Å²) in [6, 6.07) is 5.30. The molecule has 1 aromatic rings. The normalized spacial score (nSPS) is 17.6. The van der Waals surface area contributed by atoms with Crippen LogP contribution in [0.5, 0.6) is 0 Å². The standard InChI is InChI=1S/C14H23N5/c15-11-4-5-13(16)12(10-11)14(17)18-6-9-19-7-2-1-3-8-19/h4-5,10H,1-3,6-9,15-16H2,(H2,17,18). The highest BCUT2D eigenvalue weighted by Crippen LogP contribution is 2.15. The fourth-order valence-corrected chi connectivity index (χ4v) is 2.38. The summed E-state index contributed by atoms with van der Waals surface area (Å²) in [5, 5.41) is 0. The van der Waals surface area contributed by atoms with Crippen molar-refractivity contribution in [3.63, 3.8) is 0 Å². The number of rotatable bonds is 4. The molecule has 1 aliphatic heterocycles. The maximum Gasteiger partial charge on any atom is 0.127 e. The van der Waals surface area contributed by atoms with Crippen LogP contribution in [0.3, 0.4) is 0 Å². The van der Waals surface area contributed by atoms with E-state index in [1.54, 1.807) is 18.2 Å². The Morgan fingerprint density at radius 2 is 1.89 bits per heavy atom. The molecule has 104 valence electrons. The van der Waals surface area contributed by atoms with Gasteiger partial charge in [-0.15, -0.1) is 0 Å². The van der Waals surface area contributed by atoms with Crippen molar-refractivity contribution in [3.05, 3.63) is 23.8 Å². The molecule has 5 nitrogen and oxygen atoms in total. The smallest absolute Gasteiger partial charge is 0.127 e. The number of piperidine rings is 1. The van der Waals surface area contributed by atoms with Gasteiger partial charge in [0.2, 0.25) is 0 Å². The van der Waals surface area contributed by atoms with Crippen LogP contribution < -0.4 is 17.2 Å². The number of aliphatic imine (C=N–C) groups is 1. The highest BCUT2D eigenvalue weighted by molar-refractivity contribution is 6.02. The topological polar surface area (TPSA) is 93.7 Å². The lowest BCUT2D eigenvalue weighted by molar-refractivity contribution is 0.235. The minimum Gasteiger partial charge on any atom is -0.399 e. The zero-order chi connectivity index (χ0) is 13.7. The van der Waals surface area contributed by atoms with Crippen molar-refractivity contribution in [1.29, 1.82) is 0 Å². The van der Waals surface area contributed by atoms with Gasteiger partial charge in [-0.1, -0.05) is 6.42 Å². The van der Waals surface area contributed by atoms with Crippen molar-refractivity contribution < 1.29 is 0 Å². The third-order valence-corrected chi connectivity index (χ3v) is 3.50. The van der Waals surface area contributed by atoms with Gasteiger partial charge in [0.15, 0.2) is 0 Å². The van der Waals surface area contributed by atoms with Gasteiger partial charge in [0, 0.05) is 23.5 Å². The Kier molecular flexibility index (Phi) is 4.63. The van der Waals surface area contributed by atoms with Crippen molar-refractivity contribution in [1.82, 2.24) is 4.90 Å². The molecule has 0 amide bonds. The SMILES string of the molecule is NC(=NCCN1CCCCC1)c1cc(N)ccc1N. The van der Waals surface area contributed by atoms with Gasteiger partial charge in [-0.05, 0) is 44.1 Å². The van der Waals surface area contributed by atoms with E-state index in [9.17, 15) is 0 Å². The number of nitrogen functional groups attached to an aromatic ring is 2. The first-order chi connectivity index (χ1) is 9.16. The number of hydrogen-bond acceptors (Lipinski definition) is 4. The molecule has 2 rings (SSSR count). The van der Waals surface area contributed by atoms with Crippen LogP contribution >= 0.6 is 0 Å². The maximum atomic E-state index is 5.98. The molecular weight excluding hydrogens is 238 g/mol. The lowest BCUT2D eigenvalue weighted by Gasteiger charge is -2.25. The van der Waals surface area contributed by atoms with Crippen LogP contribution in [0.4, 0.5) is 11.4 Å². The summed E-state index contributed by atoms with van der Waals surface area (Å²) >= 11 is 0. The number of amidine groups is 1. The van der Waals surface area contributed by atoms with Crippen LogP contribution in [0, 0.1) is 0 Å². The second-order valence-corrected chi connectivity index (χ2v) is 5.02. The Labute approximate surface area is 114 Å². The van der Waals surface area contributed by atoms with Crippen molar-refractivity contribution in [3.8, 4) is 0 Å². The molecule has 1 aromatic carbocycles. The average molecular weight is 261 g/mol. The molecule has 0 unspecified atom stereocenters. The number of benzene rings is 1. The first-order valence-electron chi connectivity index (χ1n) is 6.84. The van der Waals surface area contributed by atoms with Crippen LogP contribution in [-0.4, -0.2) is 36.9 Å². The van der Waals surface area contributed by atoms with Crippen molar-refractivity contribution in [2.45, 2.75) is 19.3 Å². The zero-order valence-electron chi connectivity index (χ0n) is 11.3. The molecule has 1 saturated heterocycles. The van der Waals surface area contributed by atoms with Gasteiger partial charge in [-0.3, -0.25) is 4.99 Å². The highest BCUT2D eigenvalue weighted by Gasteiger charge is 2.09. The van der Waals surface area contributed by atoms with E-state index in [-0.39, 0.29) is 0 Å². The van der Waals surface area contributed by atoms with Crippen LogP contribution in [0.15, 0.2) is 23.2 Å². The Balaban J connectivity index is 1.92. The fraction of sp³-hybridized carbons (Fsp3) is 0.500. The van der Waals surface area contributed by atoms with E-state index in [4.69, 9.17) is 17.2 Å². The quantitative estimate of drug-likeness (QED) is 0.429. The minimum atomic E-state index is 0.474. The van der Waals surface area contributed by atoms with Gasteiger partial charge in [0.1, 0.15) is 5.84 Å². The number of likely N-dealkylation sites (tertiary alicyclic amines) is 1. The van der Waals surface area contributed by atoms with Gasteiger partial charge in [-0.2, -0.15) is 0 Å². The first-order valence-corrected chi connectivity index (χ1v) is 6.84. The Bertz CT molecular complexity index is 449. The van der Waals surface area contributed by atoms with E-state index >= 15 is 0 Å². The number of hydrogen-bond donors (Lipinski definition) is 3. The summed E-state index contributed by atoms with van der Waals surface area (Å²) in [4.78, 5) is 6.84. The maximum absolute atomic E-state index is 5.98. The van der Waals surface area contributed by atoms with E-state index in [0.29, 0.717) is 23.8 Å². The van der Waals surface area contributed by atoms with Crippen LogP contribution in [0.25, 0.3) is 0 Å². The second kappa shape index (κ2) is 6.43. The summed E-state index contributed by atoms with van der Waals surface area (Å²) in [6.45, 7) is 4.02. The molecular formula is C14H23N5. The molecule has 0 aromatic heterocycles. The largest absolute Gasteiger partial charge is 0.399 e. The molecule has 1 fully saturated rings. The van der Waals surface area contributed by atoms with Crippen molar-refractivity contribution >= 4 is 17.2 Å². The highest BCUT2D eigenvalue weighted by atomic mass is 15.1. The van der Waals surface area contributed by atoms with Gasteiger partial charge in [0.25, 0.3) is 0 Å². The molecule has 1 heterocycles. The lowest BCUT2D eigenvalue weighted by atomic mass is 10.1. The summed E-state index contributed by atoms with van der Waals surface area (Å²) in [7, 11) is 0. The number of nitrogens with zero attached hydrogens (tertiary/aromatic N) is 2. The second-order valence-electron chi connectivity index (χ2n) is 5.02. The van der Waals surface area contributed by atoms with Crippen molar-refractivity contribution in [2.75, 3.05) is 37.6 Å². The predicted molar refractivity (Wildman–Crippen MR) is 81.1 cm³/mol. The summed E-state index contributed by atoms with van der Waals surface area (Å²) in [6.07, 6.45) is 3.93. The van der Waals surface area contributed by atoms with E-state index in [0.717, 1.165) is 12.1 Å². The monoisotopic (exact) mass is 261 g/mol. The Morgan fingerprint density at radius 1 is 1.16 bits per heavy atom. The molecule has 6 N–H and O–H groups in total. The molecule has 19 heavy (non-hydrogen) atoms. The van der Waals surface area contributed by atoms with Crippen molar-refractivity contribution in [2.24, 2.45) is 10.7 Å². The van der Waals surface area contributed by atoms with Gasteiger partial charge in [0.05, 0.1) is 6.54 Å². The predicted octanol–water partition coefficient (Wildman–Crippen LogP) is 1.04. The molecule has 0 aliphatic carbocycles. The summed E-state index contributed by atoms with van der Waals surface area (Å²) in [5.74, 6) is 0.474. The fourth-order valence-electron chi connectivity index (χ4n) is 2.38. The third kappa shape index (κ3) is 3.86. The van der Waals surface area contributed by atoms with E-state index in [2.05, 4.69) is 9.89 Å². The zero-order valence-corrected chi connectivity index (χ0v) is 11.3. The van der Waals surface area contributed by atoms with Crippen LogP contribution in [0.1, 0.15) is 24.8 Å². The Morgan fingerprint density at radius 3 is 2.63 bits per heavy atom.